The average Bonchev–Trinajstić information content (AvgIpc) is 2.88. The summed E-state index contributed by atoms with van der Waals surface area (Å²) in [6.45, 7) is 5.72. The molecule has 0 saturated carbocycles. The Morgan fingerprint density at radius 3 is 3.09 bits per heavy atom. The van der Waals surface area contributed by atoms with Crippen LogP contribution in [0.15, 0.2) is 36.9 Å². The predicted molar refractivity (Wildman–Crippen MR) is 86.7 cm³/mol. The Bertz CT molecular complexity index is 728. The molecule has 2 bridgehead atoms. The molecule has 3 unspecified atom stereocenters. The number of phenolic OH excluding ortho intramolecular Hbond substituents is 1. The van der Waals surface area contributed by atoms with Crippen molar-refractivity contribution in [2.75, 3.05) is 13.1 Å². The molecule has 2 aliphatic heterocycles. The van der Waals surface area contributed by atoms with E-state index in [4.69, 9.17) is 4.74 Å². The van der Waals surface area contributed by atoms with Crippen LogP contribution in [-0.4, -0.2) is 46.5 Å². The third-order valence-corrected chi connectivity index (χ3v) is 6.37. The summed E-state index contributed by atoms with van der Waals surface area (Å²) in [5.41, 5.74) is 1.98. The molecule has 4 heteroatoms. The highest BCUT2D eigenvalue weighted by Crippen LogP contribution is 2.61. The van der Waals surface area contributed by atoms with Crippen LogP contribution in [0.3, 0.4) is 0 Å². The zero-order valence-electron chi connectivity index (χ0n) is 13.0. The number of aromatic hydroxyl groups is 1. The predicted octanol–water partition coefficient (Wildman–Crippen LogP) is 1.75. The molecule has 120 valence electrons. The van der Waals surface area contributed by atoms with Crippen LogP contribution in [0.1, 0.15) is 17.5 Å². The molecule has 2 heterocycles. The first-order valence-electron chi connectivity index (χ1n) is 8.40. The third-order valence-electron chi connectivity index (χ3n) is 6.37. The fourth-order valence-electron chi connectivity index (χ4n) is 5.54. The van der Waals surface area contributed by atoms with Gasteiger partial charge in [-0.3, -0.25) is 4.90 Å². The summed E-state index contributed by atoms with van der Waals surface area (Å²) >= 11 is 0. The number of hydrogen-bond acceptors (Lipinski definition) is 4. The van der Waals surface area contributed by atoms with E-state index in [1.54, 1.807) is 6.07 Å². The molecule has 23 heavy (non-hydrogen) atoms. The lowest BCUT2D eigenvalue weighted by Gasteiger charge is -2.57. The van der Waals surface area contributed by atoms with Crippen molar-refractivity contribution in [1.82, 2.24) is 4.90 Å². The van der Waals surface area contributed by atoms with Gasteiger partial charge < -0.3 is 14.9 Å². The van der Waals surface area contributed by atoms with Crippen LogP contribution in [0.5, 0.6) is 11.5 Å². The van der Waals surface area contributed by atoms with Gasteiger partial charge in [0.2, 0.25) is 0 Å². The van der Waals surface area contributed by atoms with E-state index in [-0.39, 0.29) is 11.5 Å². The van der Waals surface area contributed by atoms with Crippen molar-refractivity contribution in [3.05, 3.63) is 48.1 Å². The second-order valence-electron chi connectivity index (χ2n) is 7.22. The van der Waals surface area contributed by atoms with Crippen LogP contribution in [0, 0.1) is 5.92 Å². The van der Waals surface area contributed by atoms with E-state index in [1.165, 1.54) is 0 Å². The molecule has 1 aromatic rings. The van der Waals surface area contributed by atoms with Crippen LogP contribution < -0.4 is 4.74 Å². The van der Waals surface area contributed by atoms with E-state index in [9.17, 15) is 10.2 Å². The molecule has 2 N–H and O–H groups in total. The lowest BCUT2D eigenvalue weighted by atomic mass is 9.53. The molecule has 5 atom stereocenters. The Morgan fingerprint density at radius 1 is 1.39 bits per heavy atom. The van der Waals surface area contributed by atoms with Crippen molar-refractivity contribution in [3.63, 3.8) is 0 Å². The smallest absolute Gasteiger partial charge is 0.138 e. The normalized spacial score (nSPS) is 39.7. The monoisotopic (exact) mass is 311 g/mol. The summed E-state index contributed by atoms with van der Waals surface area (Å²) in [5, 5.41) is 21.0. The summed E-state index contributed by atoms with van der Waals surface area (Å²) in [6.07, 6.45) is 6.98. The fourth-order valence-corrected chi connectivity index (χ4v) is 5.54. The van der Waals surface area contributed by atoms with E-state index >= 15 is 0 Å². The highest BCUT2D eigenvalue weighted by atomic mass is 16.5. The lowest BCUT2D eigenvalue weighted by molar-refractivity contribution is -0.0487. The van der Waals surface area contributed by atoms with Gasteiger partial charge in [-0.25, -0.2) is 0 Å². The molecule has 4 aliphatic rings. The van der Waals surface area contributed by atoms with Gasteiger partial charge in [0, 0.05) is 35.0 Å². The first kappa shape index (κ1) is 13.6. The Morgan fingerprint density at radius 2 is 2.26 bits per heavy atom. The minimum Gasteiger partial charge on any atom is -0.508 e. The van der Waals surface area contributed by atoms with Crippen molar-refractivity contribution in [2.24, 2.45) is 5.92 Å². The van der Waals surface area contributed by atoms with E-state index < -0.39 is 6.10 Å². The number of benzene rings is 1. The van der Waals surface area contributed by atoms with Gasteiger partial charge in [0.1, 0.15) is 23.7 Å². The van der Waals surface area contributed by atoms with E-state index in [0.717, 1.165) is 42.8 Å². The van der Waals surface area contributed by atoms with Crippen LogP contribution in [0.2, 0.25) is 0 Å². The van der Waals surface area contributed by atoms with Gasteiger partial charge in [-0.05, 0) is 31.5 Å². The van der Waals surface area contributed by atoms with Crippen LogP contribution in [0.25, 0.3) is 0 Å². The Labute approximate surface area is 135 Å². The third kappa shape index (κ3) is 1.49. The Hall–Kier alpha value is -1.78. The Balaban J connectivity index is 1.77. The SMILES string of the molecule is C=CCN1CC[C@@]23c4c5ccc(O)c4CC1C2C=C[C@H](O)C3O5. The van der Waals surface area contributed by atoms with E-state index in [2.05, 4.69) is 17.6 Å². The van der Waals surface area contributed by atoms with Crippen molar-refractivity contribution < 1.29 is 14.9 Å². The number of piperidine rings is 1. The van der Waals surface area contributed by atoms with Crippen molar-refractivity contribution in [3.8, 4) is 11.5 Å². The van der Waals surface area contributed by atoms with Crippen molar-refractivity contribution >= 4 is 0 Å². The van der Waals surface area contributed by atoms with Crippen molar-refractivity contribution in [1.29, 1.82) is 0 Å². The number of aliphatic hydroxyl groups excluding tert-OH is 1. The van der Waals surface area contributed by atoms with Gasteiger partial charge in [-0.15, -0.1) is 6.58 Å². The highest BCUT2D eigenvalue weighted by molar-refractivity contribution is 5.60. The molecule has 4 nitrogen and oxygen atoms in total. The molecule has 1 fully saturated rings. The number of phenols is 1. The quantitative estimate of drug-likeness (QED) is 0.817. The molecular weight excluding hydrogens is 290 g/mol. The zero-order chi connectivity index (χ0) is 15.8. The van der Waals surface area contributed by atoms with Gasteiger partial charge in [-0.2, -0.15) is 0 Å². The molecule has 0 aromatic heterocycles. The molecule has 5 rings (SSSR count). The maximum absolute atomic E-state index is 10.5. The zero-order valence-corrected chi connectivity index (χ0v) is 13.0. The topological polar surface area (TPSA) is 52.9 Å². The van der Waals surface area contributed by atoms with Crippen LogP contribution in [-0.2, 0) is 11.8 Å². The summed E-state index contributed by atoms with van der Waals surface area (Å²) < 4.78 is 6.19. The van der Waals surface area contributed by atoms with E-state index in [1.807, 2.05) is 18.2 Å². The van der Waals surface area contributed by atoms with Gasteiger partial charge >= 0.3 is 0 Å². The number of aliphatic hydroxyl groups is 1. The first-order chi connectivity index (χ1) is 11.2. The molecule has 0 radical (unpaired) electrons. The second-order valence-corrected chi connectivity index (χ2v) is 7.22. The lowest BCUT2D eigenvalue weighted by Crippen LogP contribution is -2.65. The molecule has 1 saturated heterocycles. The standard InChI is InChI=1S/C19H21NO3/c1-2-8-20-9-7-19-12-3-4-15(22)18(19)23-16-6-5-14(21)11(17(16)19)10-13(12)20/h2-6,12-13,15,18,21-22H,1,7-10H2/t12?,13?,15-,18?,19-/m0/s1. The second kappa shape index (κ2) is 4.40. The summed E-state index contributed by atoms with van der Waals surface area (Å²) in [6, 6.07) is 3.92. The number of rotatable bonds is 2. The summed E-state index contributed by atoms with van der Waals surface area (Å²) in [4.78, 5) is 2.45. The van der Waals surface area contributed by atoms with Crippen LogP contribution >= 0.6 is 0 Å². The van der Waals surface area contributed by atoms with E-state index in [0.29, 0.717) is 17.7 Å². The molecule has 0 amide bonds. The van der Waals surface area contributed by atoms with Crippen LogP contribution in [0.4, 0.5) is 0 Å². The minimum atomic E-state index is -0.585. The maximum atomic E-state index is 10.5. The maximum Gasteiger partial charge on any atom is 0.138 e. The summed E-state index contributed by atoms with van der Waals surface area (Å²) in [7, 11) is 0. The van der Waals surface area contributed by atoms with Gasteiger partial charge in [0.05, 0.1) is 0 Å². The molecule has 2 aliphatic carbocycles. The molecular formula is C19H21NO3. The number of ether oxygens (including phenoxy) is 1. The Kier molecular flexibility index (Phi) is 2.61. The molecule has 1 aromatic carbocycles. The number of likely N-dealkylation sites (tertiary alicyclic amines) is 1. The average molecular weight is 311 g/mol. The fraction of sp³-hybridized carbons (Fsp3) is 0.474. The summed E-state index contributed by atoms with van der Waals surface area (Å²) in [5.74, 6) is 1.53. The minimum absolute atomic E-state index is 0.196. The van der Waals surface area contributed by atoms with Gasteiger partial charge in [0.15, 0.2) is 0 Å². The van der Waals surface area contributed by atoms with Gasteiger partial charge in [-0.1, -0.05) is 18.2 Å². The first-order valence-corrected chi connectivity index (χ1v) is 8.40. The number of nitrogens with zero attached hydrogens (tertiary/aromatic N) is 1. The van der Waals surface area contributed by atoms with Crippen molar-refractivity contribution in [2.45, 2.75) is 36.5 Å². The number of hydrogen-bond donors (Lipinski definition) is 2. The highest BCUT2D eigenvalue weighted by Gasteiger charge is 2.64. The molecule has 1 spiro atoms. The largest absolute Gasteiger partial charge is 0.508 e. The van der Waals surface area contributed by atoms with Gasteiger partial charge in [0.25, 0.3) is 0 Å².